The Bertz CT molecular complexity index is 1010. The van der Waals surface area contributed by atoms with Crippen LogP contribution in [0, 0.1) is 0 Å². The molecule has 4 N–H and O–H groups in total. The lowest BCUT2D eigenvalue weighted by atomic mass is 9.97. The van der Waals surface area contributed by atoms with Crippen LogP contribution in [0.25, 0.3) is 22.1 Å². The first-order valence-electron chi connectivity index (χ1n) is 6.81. The van der Waals surface area contributed by atoms with Gasteiger partial charge in [0.2, 0.25) is 11.1 Å². The number of nitrogens with two attached hydrogens (primary N) is 1. The summed E-state index contributed by atoms with van der Waals surface area (Å²) in [4.78, 5) is 27.6. The summed E-state index contributed by atoms with van der Waals surface area (Å²) < 4.78 is 5.54. The van der Waals surface area contributed by atoms with E-state index in [-0.39, 0.29) is 33.5 Å². The zero-order chi connectivity index (χ0) is 16.9. The number of hydrogen-bond donors (Lipinski definition) is 3. The highest BCUT2D eigenvalue weighted by molar-refractivity contribution is 5.98. The van der Waals surface area contributed by atoms with E-state index in [1.54, 1.807) is 26.0 Å². The maximum atomic E-state index is 12.6. The molecular weight excluding hydrogens is 300 g/mol. The van der Waals surface area contributed by atoms with E-state index in [4.69, 9.17) is 15.3 Å². The van der Waals surface area contributed by atoms with Gasteiger partial charge in [0, 0.05) is 0 Å². The number of rotatable bonds is 2. The van der Waals surface area contributed by atoms with Crippen LogP contribution in [0.3, 0.4) is 0 Å². The van der Waals surface area contributed by atoms with Crippen LogP contribution in [0.1, 0.15) is 29.8 Å². The Hall–Kier alpha value is -2.93. The van der Waals surface area contributed by atoms with Crippen molar-refractivity contribution in [1.82, 2.24) is 4.98 Å². The van der Waals surface area contributed by atoms with Crippen LogP contribution in [-0.4, -0.2) is 21.2 Å². The molecular formula is C16H14N2O5. The maximum Gasteiger partial charge on any atom is 0.339 e. The second kappa shape index (κ2) is 4.79. The van der Waals surface area contributed by atoms with Crippen molar-refractivity contribution >= 4 is 33.9 Å². The summed E-state index contributed by atoms with van der Waals surface area (Å²) in [5, 5.41) is 19.4. The lowest BCUT2D eigenvalue weighted by Crippen LogP contribution is -2.16. The van der Waals surface area contributed by atoms with Crippen molar-refractivity contribution in [2.75, 3.05) is 5.73 Å². The molecule has 0 atom stereocenters. The molecule has 7 nitrogen and oxygen atoms in total. The molecule has 0 saturated heterocycles. The standard InChI is InChI=1S/C16H14N2O5/c1-16(2,22)7-3-4-11-8(5-7)12(19)9-6-10(15(20)21)13(17)18-14(9)23-11/h3-6,22H,1-2H3,(H2,17,18)(H,20,21). The minimum Gasteiger partial charge on any atom is -0.478 e. The van der Waals surface area contributed by atoms with E-state index in [9.17, 15) is 14.7 Å². The molecule has 0 aliphatic heterocycles. The van der Waals surface area contributed by atoms with Crippen LogP contribution < -0.4 is 11.2 Å². The van der Waals surface area contributed by atoms with E-state index in [1.807, 2.05) is 0 Å². The zero-order valence-corrected chi connectivity index (χ0v) is 12.5. The van der Waals surface area contributed by atoms with Gasteiger partial charge in [-0.15, -0.1) is 0 Å². The van der Waals surface area contributed by atoms with E-state index in [2.05, 4.69) is 4.98 Å². The smallest absolute Gasteiger partial charge is 0.339 e. The lowest BCUT2D eigenvalue weighted by molar-refractivity contribution is 0.0697. The van der Waals surface area contributed by atoms with Crippen LogP contribution in [-0.2, 0) is 5.60 Å². The summed E-state index contributed by atoms with van der Waals surface area (Å²) >= 11 is 0. The maximum absolute atomic E-state index is 12.6. The first kappa shape index (κ1) is 15.0. The highest BCUT2D eigenvalue weighted by Gasteiger charge is 2.19. The summed E-state index contributed by atoms with van der Waals surface area (Å²) in [6.07, 6.45) is 0. The van der Waals surface area contributed by atoms with Crippen LogP contribution in [0.2, 0.25) is 0 Å². The summed E-state index contributed by atoms with van der Waals surface area (Å²) in [7, 11) is 0. The molecule has 0 fully saturated rings. The highest BCUT2D eigenvalue weighted by Crippen LogP contribution is 2.25. The first-order valence-corrected chi connectivity index (χ1v) is 6.81. The number of aliphatic hydroxyl groups is 1. The third kappa shape index (κ3) is 2.40. The number of carboxylic acids is 1. The van der Waals surface area contributed by atoms with Crippen molar-refractivity contribution in [3.8, 4) is 0 Å². The van der Waals surface area contributed by atoms with Gasteiger partial charge < -0.3 is 20.4 Å². The fourth-order valence-corrected chi connectivity index (χ4v) is 2.35. The van der Waals surface area contributed by atoms with Gasteiger partial charge in [0.15, 0.2) is 0 Å². The second-order valence-electron chi connectivity index (χ2n) is 5.78. The molecule has 1 aromatic carbocycles. The number of carbonyl (C=O) groups is 1. The average Bonchev–Trinajstić information content (AvgIpc) is 2.45. The topological polar surface area (TPSA) is 127 Å². The Morgan fingerprint density at radius 2 is 1.96 bits per heavy atom. The summed E-state index contributed by atoms with van der Waals surface area (Å²) in [6, 6.07) is 5.89. The Morgan fingerprint density at radius 3 is 2.57 bits per heavy atom. The number of aromatic nitrogens is 1. The number of fused-ring (bicyclic) bond motifs is 2. The van der Waals surface area contributed by atoms with E-state index < -0.39 is 17.0 Å². The van der Waals surface area contributed by atoms with Gasteiger partial charge in [0.05, 0.1) is 16.4 Å². The number of pyridine rings is 1. The molecule has 0 radical (unpaired) electrons. The second-order valence-corrected chi connectivity index (χ2v) is 5.78. The van der Waals surface area contributed by atoms with E-state index >= 15 is 0 Å². The molecule has 3 aromatic rings. The molecule has 0 aliphatic rings. The molecule has 7 heteroatoms. The number of benzene rings is 1. The fraction of sp³-hybridized carbons (Fsp3) is 0.188. The fourth-order valence-electron chi connectivity index (χ4n) is 2.35. The van der Waals surface area contributed by atoms with Gasteiger partial charge in [0.25, 0.3) is 0 Å². The van der Waals surface area contributed by atoms with Gasteiger partial charge in [-0.25, -0.2) is 4.79 Å². The van der Waals surface area contributed by atoms with E-state index in [0.29, 0.717) is 5.56 Å². The van der Waals surface area contributed by atoms with Crippen molar-refractivity contribution in [3.05, 3.63) is 45.6 Å². The Morgan fingerprint density at radius 1 is 1.26 bits per heavy atom. The molecule has 3 rings (SSSR count). The molecule has 0 spiro atoms. The molecule has 0 amide bonds. The molecule has 0 bridgehead atoms. The van der Waals surface area contributed by atoms with Gasteiger partial charge in [0.1, 0.15) is 17.0 Å². The number of hydrogen-bond acceptors (Lipinski definition) is 6. The Balaban J connectivity index is 2.42. The van der Waals surface area contributed by atoms with Crippen LogP contribution in [0.5, 0.6) is 0 Å². The van der Waals surface area contributed by atoms with Gasteiger partial charge in [-0.05, 0) is 37.6 Å². The third-order valence-electron chi connectivity index (χ3n) is 3.63. The predicted molar refractivity (Wildman–Crippen MR) is 84.4 cm³/mol. The molecule has 118 valence electrons. The predicted octanol–water partition coefficient (Wildman–Crippen LogP) is 1.85. The van der Waals surface area contributed by atoms with Gasteiger partial charge in [-0.1, -0.05) is 6.07 Å². The van der Waals surface area contributed by atoms with E-state index in [1.165, 1.54) is 6.07 Å². The van der Waals surface area contributed by atoms with E-state index in [0.717, 1.165) is 6.07 Å². The quantitative estimate of drug-likeness (QED) is 0.616. The van der Waals surface area contributed by atoms with Crippen molar-refractivity contribution in [2.45, 2.75) is 19.4 Å². The number of anilines is 1. The Labute approximate surface area is 130 Å². The van der Waals surface area contributed by atoms with Gasteiger partial charge in [-0.3, -0.25) is 4.79 Å². The number of nitrogen functional groups attached to an aromatic ring is 1. The number of carboxylic acid groups (broad SMARTS) is 1. The monoisotopic (exact) mass is 314 g/mol. The Kier molecular flexibility index (Phi) is 3.12. The molecule has 23 heavy (non-hydrogen) atoms. The third-order valence-corrected chi connectivity index (χ3v) is 3.63. The van der Waals surface area contributed by atoms with Crippen LogP contribution >= 0.6 is 0 Å². The summed E-state index contributed by atoms with van der Waals surface area (Å²) in [6.45, 7) is 3.20. The zero-order valence-electron chi connectivity index (χ0n) is 12.5. The summed E-state index contributed by atoms with van der Waals surface area (Å²) in [5.74, 6) is -1.50. The number of aromatic carboxylic acids is 1. The average molecular weight is 314 g/mol. The van der Waals surface area contributed by atoms with Gasteiger partial charge in [-0.2, -0.15) is 4.98 Å². The lowest BCUT2D eigenvalue weighted by Gasteiger charge is -2.17. The number of nitrogens with zero attached hydrogens (tertiary/aromatic N) is 1. The van der Waals surface area contributed by atoms with Crippen molar-refractivity contribution < 1.29 is 19.4 Å². The molecule has 2 heterocycles. The largest absolute Gasteiger partial charge is 0.478 e. The van der Waals surface area contributed by atoms with Crippen molar-refractivity contribution in [1.29, 1.82) is 0 Å². The van der Waals surface area contributed by atoms with Crippen molar-refractivity contribution in [3.63, 3.8) is 0 Å². The molecule has 0 saturated carbocycles. The highest BCUT2D eigenvalue weighted by atomic mass is 16.4. The minimum atomic E-state index is -1.28. The normalized spacial score (nSPS) is 12.0. The van der Waals surface area contributed by atoms with Crippen LogP contribution in [0.4, 0.5) is 5.82 Å². The van der Waals surface area contributed by atoms with Crippen molar-refractivity contribution in [2.24, 2.45) is 0 Å². The first-order chi connectivity index (χ1) is 10.7. The van der Waals surface area contributed by atoms with Gasteiger partial charge >= 0.3 is 5.97 Å². The summed E-state index contributed by atoms with van der Waals surface area (Å²) in [5.41, 5.74) is 4.56. The molecule has 0 unspecified atom stereocenters. The minimum absolute atomic E-state index is 0.0250. The SMILES string of the molecule is CC(C)(O)c1ccc2oc3nc(N)c(C(=O)O)cc3c(=O)c2c1. The van der Waals surface area contributed by atoms with Crippen LogP contribution in [0.15, 0.2) is 33.5 Å². The molecule has 0 aliphatic carbocycles. The molecule has 2 aromatic heterocycles.